The average molecular weight is 256 g/mol. The van der Waals surface area contributed by atoms with E-state index in [2.05, 4.69) is 4.98 Å². The van der Waals surface area contributed by atoms with Gasteiger partial charge in [0.25, 0.3) is 5.91 Å². The normalized spacial score (nSPS) is 14.6. The first kappa shape index (κ1) is 12.1. The molecule has 1 aliphatic carbocycles. The lowest BCUT2D eigenvalue weighted by Gasteiger charge is -2.20. The Morgan fingerprint density at radius 1 is 1.26 bits per heavy atom. The summed E-state index contributed by atoms with van der Waals surface area (Å²) in [7, 11) is 0. The van der Waals surface area contributed by atoms with Crippen LogP contribution in [0.25, 0.3) is 10.9 Å². The van der Waals surface area contributed by atoms with Crippen molar-refractivity contribution in [2.75, 3.05) is 13.2 Å². The van der Waals surface area contributed by atoms with Crippen LogP contribution in [-0.4, -0.2) is 40.1 Å². The molecule has 1 N–H and O–H groups in total. The highest BCUT2D eigenvalue weighted by Gasteiger charge is 2.33. The number of rotatable bonds is 4. The first-order valence-electron chi connectivity index (χ1n) is 6.57. The second-order valence-corrected chi connectivity index (χ2v) is 4.84. The molecule has 0 unspecified atom stereocenters. The van der Waals surface area contributed by atoms with Crippen LogP contribution in [0.5, 0.6) is 0 Å². The second kappa shape index (κ2) is 4.97. The van der Waals surface area contributed by atoms with Crippen LogP contribution in [0.15, 0.2) is 36.4 Å². The van der Waals surface area contributed by atoms with Gasteiger partial charge in [-0.15, -0.1) is 0 Å². The van der Waals surface area contributed by atoms with E-state index in [4.69, 9.17) is 5.11 Å². The Morgan fingerprint density at radius 3 is 2.79 bits per heavy atom. The van der Waals surface area contributed by atoms with Gasteiger partial charge in [0.05, 0.1) is 12.1 Å². The van der Waals surface area contributed by atoms with Gasteiger partial charge in [-0.2, -0.15) is 0 Å². The number of nitrogens with zero attached hydrogens (tertiary/aromatic N) is 2. The van der Waals surface area contributed by atoms with Crippen LogP contribution in [0.3, 0.4) is 0 Å². The summed E-state index contributed by atoms with van der Waals surface area (Å²) in [5.74, 6) is -0.0812. The topological polar surface area (TPSA) is 53.4 Å². The number of carbonyl (C=O) groups is 1. The van der Waals surface area contributed by atoms with Crippen molar-refractivity contribution in [1.82, 2.24) is 9.88 Å². The first-order chi connectivity index (χ1) is 9.29. The molecular weight excluding hydrogens is 240 g/mol. The van der Waals surface area contributed by atoms with Gasteiger partial charge in [0.1, 0.15) is 5.69 Å². The fourth-order valence-corrected chi connectivity index (χ4v) is 2.28. The van der Waals surface area contributed by atoms with Crippen molar-refractivity contribution in [3.8, 4) is 0 Å². The standard InChI is InChI=1S/C15H16N2O2/c18-10-9-17(12-6-7-12)15(19)14-8-5-11-3-1-2-4-13(11)16-14/h1-5,8,12,18H,6-7,9-10H2. The summed E-state index contributed by atoms with van der Waals surface area (Å²) in [6, 6.07) is 11.7. The molecule has 19 heavy (non-hydrogen) atoms. The molecule has 1 fully saturated rings. The number of para-hydroxylation sites is 1. The van der Waals surface area contributed by atoms with E-state index in [-0.39, 0.29) is 18.6 Å². The highest BCUT2D eigenvalue weighted by Crippen LogP contribution is 2.28. The molecule has 4 heteroatoms. The van der Waals surface area contributed by atoms with E-state index in [1.165, 1.54) is 0 Å². The number of hydrogen-bond acceptors (Lipinski definition) is 3. The minimum atomic E-state index is -0.0812. The number of hydrogen-bond donors (Lipinski definition) is 1. The smallest absolute Gasteiger partial charge is 0.272 e. The minimum Gasteiger partial charge on any atom is -0.395 e. The van der Waals surface area contributed by atoms with Gasteiger partial charge in [-0.3, -0.25) is 4.79 Å². The van der Waals surface area contributed by atoms with Gasteiger partial charge in [-0.25, -0.2) is 4.98 Å². The van der Waals surface area contributed by atoms with Crippen LogP contribution in [-0.2, 0) is 0 Å². The van der Waals surface area contributed by atoms with Crippen LogP contribution in [0.2, 0.25) is 0 Å². The molecule has 2 aromatic rings. The number of aliphatic hydroxyl groups excluding tert-OH is 1. The van der Waals surface area contributed by atoms with Crippen LogP contribution >= 0.6 is 0 Å². The summed E-state index contributed by atoms with van der Waals surface area (Å²) in [5, 5.41) is 10.1. The molecule has 0 aliphatic heterocycles. The average Bonchev–Trinajstić information content (AvgIpc) is 3.28. The number of pyridine rings is 1. The van der Waals surface area contributed by atoms with Crippen molar-refractivity contribution in [3.63, 3.8) is 0 Å². The van der Waals surface area contributed by atoms with Crippen molar-refractivity contribution in [2.24, 2.45) is 0 Å². The zero-order chi connectivity index (χ0) is 13.2. The molecule has 1 aliphatic rings. The van der Waals surface area contributed by atoms with Crippen LogP contribution < -0.4 is 0 Å². The van der Waals surface area contributed by atoms with Crippen molar-refractivity contribution >= 4 is 16.8 Å². The van der Waals surface area contributed by atoms with Crippen LogP contribution in [0, 0.1) is 0 Å². The predicted molar refractivity (Wildman–Crippen MR) is 72.9 cm³/mol. The van der Waals surface area contributed by atoms with Crippen LogP contribution in [0.1, 0.15) is 23.3 Å². The zero-order valence-corrected chi connectivity index (χ0v) is 10.6. The maximum atomic E-state index is 12.4. The molecule has 1 aromatic heterocycles. The lowest BCUT2D eigenvalue weighted by atomic mass is 10.2. The lowest BCUT2D eigenvalue weighted by molar-refractivity contribution is 0.0702. The summed E-state index contributed by atoms with van der Waals surface area (Å²) in [6.45, 7) is 0.383. The number of aliphatic hydroxyl groups is 1. The molecule has 4 nitrogen and oxygen atoms in total. The third-order valence-corrected chi connectivity index (χ3v) is 3.41. The number of carbonyl (C=O) groups excluding carboxylic acids is 1. The summed E-state index contributed by atoms with van der Waals surface area (Å²) < 4.78 is 0. The number of amides is 1. The fourth-order valence-electron chi connectivity index (χ4n) is 2.28. The predicted octanol–water partition coefficient (Wildman–Crippen LogP) is 1.83. The fraction of sp³-hybridized carbons (Fsp3) is 0.333. The number of benzene rings is 1. The third kappa shape index (κ3) is 2.44. The van der Waals surface area contributed by atoms with E-state index in [9.17, 15) is 4.79 Å². The Hall–Kier alpha value is -1.94. The van der Waals surface area contributed by atoms with Gasteiger partial charge in [-0.05, 0) is 25.0 Å². The van der Waals surface area contributed by atoms with Crippen LogP contribution in [0.4, 0.5) is 0 Å². The van der Waals surface area contributed by atoms with E-state index >= 15 is 0 Å². The SMILES string of the molecule is O=C(c1ccc2ccccc2n1)N(CCO)C1CC1. The van der Waals surface area contributed by atoms with Gasteiger partial charge >= 0.3 is 0 Å². The van der Waals surface area contributed by atoms with E-state index in [1.807, 2.05) is 30.3 Å². The van der Waals surface area contributed by atoms with E-state index in [1.54, 1.807) is 11.0 Å². The highest BCUT2D eigenvalue weighted by atomic mass is 16.3. The van der Waals surface area contributed by atoms with Crippen molar-refractivity contribution < 1.29 is 9.90 Å². The largest absolute Gasteiger partial charge is 0.395 e. The van der Waals surface area contributed by atoms with Gasteiger partial charge in [0.15, 0.2) is 0 Å². The molecule has 1 amide bonds. The van der Waals surface area contributed by atoms with E-state index < -0.39 is 0 Å². The number of fused-ring (bicyclic) bond motifs is 1. The van der Waals surface area contributed by atoms with Gasteiger partial charge in [0.2, 0.25) is 0 Å². The molecule has 1 saturated carbocycles. The van der Waals surface area contributed by atoms with Crippen molar-refractivity contribution in [3.05, 3.63) is 42.1 Å². The van der Waals surface area contributed by atoms with Gasteiger partial charge < -0.3 is 10.0 Å². The molecule has 0 spiro atoms. The monoisotopic (exact) mass is 256 g/mol. The molecule has 1 heterocycles. The van der Waals surface area contributed by atoms with Gasteiger partial charge in [0, 0.05) is 18.0 Å². The third-order valence-electron chi connectivity index (χ3n) is 3.41. The first-order valence-corrected chi connectivity index (χ1v) is 6.57. The zero-order valence-electron chi connectivity index (χ0n) is 10.6. The Kier molecular flexibility index (Phi) is 3.17. The summed E-state index contributed by atoms with van der Waals surface area (Å²) >= 11 is 0. The second-order valence-electron chi connectivity index (χ2n) is 4.84. The molecule has 1 aromatic carbocycles. The lowest BCUT2D eigenvalue weighted by Crippen LogP contribution is -2.35. The Labute approximate surface area is 111 Å². The Balaban J connectivity index is 1.91. The molecule has 0 bridgehead atoms. The Morgan fingerprint density at radius 2 is 2.05 bits per heavy atom. The quantitative estimate of drug-likeness (QED) is 0.908. The van der Waals surface area contributed by atoms with E-state index in [0.717, 1.165) is 23.7 Å². The summed E-state index contributed by atoms with van der Waals surface area (Å²) in [6.07, 6.45) is 2.05. The van der Waals surface area contributed by atoms with Gasteiger partial charge in [-0.1, -0.05) is 24.3 Å². The van der Waals surface area contributed by atoms with Crippen molar-refractivity contribution in [1.29, 1.82) is 0 Å². The summed E-state index contributed by atoms with van der Waals surface area (Å²) in [5.41, 5.74) is 1.28. The summed E-state index contributed by atoms with van der Waals surface area (Å²) in [4.78, 5) is 18.6. The minimum absolute atomic E-state index is 0.00415. The van der Waals surface area contributed by atoms with E-state index in [0.29, 0.717) is 12.2 Å². The number of aromatic nitrogens is 1. The molecular formula is C15H16N2O2. The molecule has 0 atom stereocenters. The maximum Gasteiger partial charge on any atom is 0.272 e. The molecule has 0 saturated heterocycles. The highest BCUT2D eigenvalue weighted by molar-refractivity contribution is 5.95. The molecule has 0 radical (unpaired) electrons. The maximum absolute atomic E-state index is 12.4. The van der Waals surface area contributed by atoms with Crippen molar-refractivity contribution in [2.45, 2.75) is 18.9 Å². The molecule has 98 valence electrons. The molecule has 3 rings (SSSR count). The Bertz CT molecular complexity index is 608.